The molecule has 6 heteroatoms. The fourth-order valence-electron chi connectivity index (χ4n) is 3.04. The lowest BCUT2D eigenvalue weighted by Crippen LogP contribution is -2.46. The van der Waals surface area contributed by atoms with Crippen LogP contribution in [0.3, 0.4) is 0 Å². The number of piperidine rings is 1. The molecule has 2 heterocycles. The summed E-state index contributed by atoms with van der Waals surface area (Å²) in [6, 6.07) is 0.501. The van der Waals surface area contributed by atoms with E-state index in [1.54, 1.807) is 0 Å². The minimum atomic E-state index is -1.20. The quantitative estimate of drug-likeness (QED) is 0.736. The molecular weight excluding hydrogens is 276 g/mol. The van der Waals surface area contributed by atoms with E-state index in [1.165, 1.54) is 7.11 Å². The van der Waals surface area contributed by atoms with E-state index >= 15 is 0 Å². The number of amides is 1. The van der Waals surface area contributed by atoms with E-state index in [9.17, 15) is 9.00 Å². The Kier molecular flexibility index (Phi) is 4.52. The first-order valence-corrected chi connectivity index (χ1v) is 8.26. The second-order valence-electron chi connectivity index (χ2n) is 6.61. The standard InChI is InChI=1S/C14H24N2O3S/c1-14(2,3)20(18)15-9-10-7-11-5-6-12(8-10)16(11)13(17)19-4/h9-12H,5-8H2,1-4H3/t10?,11-,12+,20?. The van der Waals surface area contributed by atoms with Crippen molar-refractivity contribution in [3.05, 3.63) is 0 Å². The predicted molar refractivity (Wildman–Crippen MR) is 80.2 cm³/mol. The van der Waals surface area contributed by atoms with Gasteiger partial charge >= 0.3 is 6.09 Å². The maximum Gasteiger partial charge on any atom is 0.409 e. The van der Waals surface area contributed by atoms with Crippen molar-refractivity contribution in [2.75, 3.05) is 7.11 Å². The van der Waals surface area contributed by atoms with Gasteiger partial charge in [0.25, 0.3) is 0 Å². The van der Waals surface area contributed by atoms with E-state index in [0.717, 1.165) is 25.7 Å². The van der Waals surface area contributed by atoms with Crippen molar-refractivity contribution in [1.82, 2.24) is 4.90 Å². The largest absolute Gasteiger partial charge is 0.453 e. The first kappa shape index (κ1) is 15.5. The highest BCUT2D eigenvalue weighted by atomic mass is 32.2. The molecule has 0 aliphatic carbocycles. The van der Waals surface area contributed by atoms with Crippen LogP contribution >= 0.6 is 0 Å². The number of nitrogens with zero attached hydrogens (tertiary/aromatic N) is 2. The van der Waals surface area contributed by atoms with Crippen LogP contribution in [-0.2, 0) is 15.7 Å². The number of carbonyl (C=O) groups excluding carboxylic acids is 1. The minimum absolute atomic E-state index is 0.217. The smallest absolute Gasteiger partial charge is 0.409 e. The van der Waals surface area contributed by atoms with Gasteiger partial charge in [-0.05, 0) is 52.4 Å². The van der Waals surface area contributed by atoms with Crippen LogP contribution in [0.2, 0.25) is 0 Å². The first-order chi connectivity index (χ1) is 9.32. The Morgan fingerprint density at radius 1 is 1.30 bits per heavy atom. The van der Waals surface area contributed by atoms with E-state index in [-0.39, 0.29) is 22.9 Å². The van der Waals surface area contributed by atoms with Crippen LogP contribution in [-0.4, -0.2) is 45.4 Å². The zero-order chi connectivity index (χ0) is 14.9. The predicted octanol–water partition coefficient (Wildman–Crippen LogP) is 2.53. The van der Waals surface area contributed by atoms with Gasteiger partial charge in [0.1, 0.15) is 11.0 Å². The average Bonchev–Trinajstić information content (AvgIpc) is 2.65. The second-order valence-corrected chi connectivity index (χ2v) is 8.54. The molecule has 20 heavy (non-hydrogen) atoms. The molecule has 0 saturated carbocycles. The third-order valence-corrected chi connectivity index (χ3v) is 5.41. The number of methoxy groups -OCH3 is 1. The van der Waals surface area contributed by atoms with Gasteiger partial charge in [-0.2, -0.15) is 4.40 Å². The molecule has 0 radical (unpaired) electrons. The van der Waals surface area contributed by atoms with Crippen molar-refractivity contribution < 1.29 is 13.7 Å². The van der Waals surface area contributed by atoms with Gasteiger partial charge in [0.05, 0.1) is 11.9 Å². The fraction of sp³-hybridized carbons (Fsp3) is 0.857. The van der Waals surface area contributed by atoms with Gasteiger partial charge in [0, 0.05) is 18.3 Å². The normalized spacial score (nSPS) is 31.6. The Morgan fingerprint density at radius 2 is 1.85 bits per heavy atom. The van der Waals surface area contributed by atoms with Gasteiger partial charge < -0.3 is 9.64 Å². The molecule has 2 saturated heterocycles. The summed E-state index contributed by atoms with van der Waals surface area (Å²) in [5.74, 6) is 0.319. The van der Waals surface area contributed by atoms with Crippen molar-refractivity contribution >= 4 is 23.3 Å². The number of hydrogen-bond donors (Lipinski definition) is 0. The summed E-state index contributed by atoms with van der Waals surface area (Å²) < 4.78 is 20.7. The van der Waals surface area contributed by atoms with Gasteiger partial charge in [-0.3, -0.25) is 0 Å². The number of rotatable bonds is 2. The van der Waals surface area contributed by atoms with Gasteiger partial charge in [0.2, 0.25) is 0 Å². The summed E-state index contributed by atoms with van der Waals surface area (Å²) in [5.41, 5.74) is 0. The van der Waals surface area contributed by atoms with Crippen LogP contribution in [0.5, 0.6) is 0 Å². The SMILES string of the molecule is COC(=O)N1[C@@H]2CC[C@H]1CC(C=NS(=O)C(C)(C)C)C2. The molecule has 2 aliphatic heterocycles. The Labute approximate surface area is 123 Å². The maximum absolute atomic E-state index is 11.9. The van der Waals surface area contributed by atoms with Crippen LogP contribution in [0.15, 0.2) is 4.40 Å². The van der Waals surface area contributed by atoms with Crippen LogP contribution in [0, 0.1) is 5.92 Å². The minimum Gasteiger partial charge on any atom is -0.453 e. The third-order valence-electron chi connectivity index (χ3n) is 4.05. The summed E-state index contributed by atoms with van der Waals surface area (Å²) in [7, 11) is 0.236. The van der Waals surface area contributed by atoms with Gasteiger partial charge in [-0.15, -0.1) is 0 Å². The van der Waals surface area contributed by atoms with E-state index in [0.29, 0.717) is 5.92 Å². The lowest BCUT2D eigenvalue weighted by Gasteiger charge is -2.36. The highest BCUT2D eigenvalue weighted by Gasteiger charge is 2.43. The van der Waals surface area contributed by atoms with Gasteiger partial charge in [-0.25, -0.2) is 9.00 Å². The molecule has 2 fully saturated rings. The second kappa shape index (κ2) is 5.84. The van der Waals surface area contributed by atoms with Crippen molar-refractivity contribution in [3.63, 3.8) is 0 Å². The Hall–Kier alpha value is -0.910. The molecule has 1 amide bonds. The van der Waals surface area contributed by atoms with Gasteiger partial charge in [-0.1, -0.05) is 0 Å². The molecule has 5 nitrogen and oxygen atoms in total. The molecule has 2 unspecified atom stereocenters. The summed E-state index contributed by atoms with van der Waals surface area (Å²) >= 11 is 0. The summed E-state index contributed by atoms with van der Waals surface area (Å²) in [5, 5.41) is 0. The van der Waals surface area contributed by atoms with Crippen LogP contribution in [0.1, 0.15) is 46.5 Å². The van der Waals surface area contributed by atoms with Crippen LogP contribution in [0.4, 0.5) is 4.79 Å². The Morgan fingerprint density at radius 3 is 2.30 bits per heavy atom. The molecule has 2 rings (SSSR count). The molecule has 2 bridgehead atoms. The zero-order valence-corrected chi connectivity index (χ0v) is 13.5. The summed E-state index contributed by atoms with van der Waals surface area (Å²) in [6.07, 6.45) is 5.50. The van der Waals surface area contributed by atoms with Gasteiger partial charge in [0.15, 0.2) is 0 Å². The topological polar surface area (TPSA) is 59.0 Å². The Balaban J connectivity index is 1.98. The average molecular weight is 300 g/mol. The monoisotopic (exact) mass is 300 g/mol. The van der Waals surface area contributed by atoms with Crippen LogP contribution in [0.25, 0.3) is 0 Å². The van der Waals surface area contributed by atoms with Crippen molar-refractivity contribution in [2.24, 2.45) is 10.3 Å². The molecule has 0 spiro atoms. The lowest BCUT2D eigenvalue weighted by atomic mass is 9.92. The fourth-order valence-corrected chi connectivity index (χ4v) is 3.64. The Bertz CT molecular complexity index is 417. The number of carbonyl (C=O) groups is 1. The van der Waals surface area contributed by atoms with E-state index < -0.39 is 11.0 Å². The third kappa shape index (κ3) is 3.22. The molecule has 0 aromatic rings. The molecule has 2 aliphatic rings. The maximum atomic E-state index is 11.9. The molecule has 4 atom stereocenters. The molecule has 0 aromatic carbocycles. The molecule has 0 aromatic heterocycles. The van der Waals surface area contributed by atoms with Crippen molar-refractivity contribution in [3.8, 4) is 0 Å². The zero-order valence-electron chi connectivity index (χ0n) is 12.7. The van der Waals surface area contributed by atoms with E-state index in [4.69, 9.17) is 4.74 Å². The summed E-state index contributed by atoms with van der Waals surface area (Å²) in [6.45, 7) is 5.76. The van der Waals surface area contributed by atoms with E-state index in [1.807, 2.05) is 31.9 Å². The van der Waals surface area contributed by atoms with E-state index in [2.05, 4.69) is 4.40 Å². The molecular formula is C14H24N2O3S. The summed E-state index contributed by atoms with van der Waals surface area (Å²) in [4.78, 5) is 13.6. The van der Waals surface area contributed by atoms with Crippen LogP contribution < -0.4 is 0 Å². The molecule has 0 N–H and O–H groups in total. The molecule has 114 valence electrons. The number of ether oxygens (including phenoxy) is 1. The van der Waals surface area contributed by atoms with Crippen molar-refractivity contribution in [1.29, 1.82) is 0 Å². The highest BCUT2D eigenvalue weighted by Crippen LogP contribution is 2.38. The highest BCUT2D eigenvalue weighted by molar-refractivity contribution is 7.85. The lowest BCUT2D eigenvalue weighted by molar-refractivity contribution is 0.0801. The number of fused-ring (bicyclic) bond motifs is 2. The first-order valence-electron chi connectivity index (χ1n) is 7.15. The number of hydrogen-bond acceptors (Lipinski definition) is 3. The van der Waals surface area contributed by atoms with Crippen molar-refractivity contribution in [2.45, 2.75) is 63.3 Å².